The fourth-order valence-electron chi connectivity index (χ4n) is 1.48. The van der Waals surface area contributed by atoms with Crippen molar-refractivity contribution in [1.29, 1.82) is 0 Å². The summed E-state index contributed by atoms with van der Waals surface area (Å²) in [4.78, 5) is 22.4. The predicted octanol–water partition coefficient (Wildman–Crippen LogP) is 2.46. The van der Waals surface area contributed by atoms with Crippen LogP contribution in [0.1, 0.15) is 30.6 Å². The molecule has 0 radical (unpaired) electrons. The molecule has 0 aliphatic carbocycles. The van der Waals surface area contributed by atoms with Crippen molar-refractivity contribution < 1.29 is 19.1 Å². The fourth-order valence-corrected chi connectivity index (χ4v) is 1.65. The van der Waals surface area contributed by atoms with Crippen molar-refractivity contribution in [2.45, 2.75) is 25.8 Å². The second-order valence-electron chi connectivity index (χ2n) is 4.51. The lowest BCUT2D eigenvalue weighted by Crippen LogP contribution is -2.45. The van der Waals surface area contributed by atoms with Gasteiger partial charge < -0.3 is 10.4 Å². The lowest BCUT2D eigenvalue weighted by atomic mass is 10.00. The number of carbonyl (C=O) groups is 2. The summed E-state index contributed by atoms with van der Waals surface area (Å²) in [6.45, 7) is 3.09. The molecule has 0 bridgehead atoms. The minimum absolute atomic E-state index is 0.154. The maximum absolute atomic E-state index is 13.6. The maximum Gasteiger partial charge on any atom is 0.305 e. The second kappa shape index (κ2) is 5.35. The zero-order chi connectivity index (χ0) is 13.9. The number of halogens is 2. The number of carbonyl (C=O) groups excluding carboxylic acids is 1. The molecule has 98 valence electrons. The molecule has 0 unspecified atom stereocenters. The van der Waals surface area contributed by atoms with Crippen LogP contribution in [0.25, 0.3) is 0 Å². The Balaban J connectivity index is 2.89. The van der Waals surface area contributed by atoms with E-state index in [0.717, 1.165) is 0 Å². The summed E-state index contributed by atoms with van der Waals surface area (Å²) >= 11 is 5.56. The SMILES string of the molecule is CC(C)(CC(=O)O)NC(=O)c1cccc(Cl)c1F. The highest BCUT2D eigenvalue weighted by atomic mass is 35.5. The predicted molar refractivity (Wildman–Crippen MR) is 65.2 cm³/mol. The van der Waals surface area contributed by atoms with E-state index in [2.05, 4.69) is 5.32 Å². The van der Waals surface area contributed by atoms with Crippen LogP contribution in [0, 0.1) is 5.82 Å². The van der Waals surface area contributed by atoms with Gasteiger partial charge in [0.25, 0.3) is 5.91 Å². The van der Waals surface area contributed by atoms with Crippen LogP contribution in [0.2, 0.25) is 5.02 Å². The molecule has 1 rings (SSSR count). The number of hydrogen-bond acceptors (Lipinski definition) is 2. The van der Waals surface area contributed by atoms with Crippen molar-refractivity contribution in [1.82, 2.24) is 5.32 Å². The van der Waals surface area contributed by atoms with Gasteiger partial charge in [0.1, 0.15) is 0 Å². The van der Waals surface area contributed by atoms with Gasteiger partial charge in [0, 0.05) is 5.54 Å². The molecule has 1 amide bonds. The van der Waals surface area contributed by atoms with Crippen molar-refractivity contribution >= 4 is 23.5 Å². The molecule has 0 spiro atoms. The zero-order valence-electron chi connectivity index (χ0n) is 9.96. The smallest absolute Gasteiger partial charge is 0.305 e. The van der Waals surface area contributed by atoms with Crippen LogP contribution in [-0.4, -0.2) is 22.5 Å². The first-order valence-corrected chi connectivity index (χ1v) is 5.59. The van der Waals surface area contributed by atoms with Gasteiger partial charge >= 0.3 is 5.97 Å². The minimum atomic E-state index is -1.05. The zero-order valence-corrected chi connectivity index (χ0v) is 10.7. The van der Waals surface area contributed by atoms with Crippen LogP contribution in [0.3, 0.4) is 0 Å². The van der Waals surface area contributed by atoms with E-state index in [4.69, 9.17) is 16.7 Å². The molecule has 1 aromatic rings. The number of rotatable bonds is 4. The lowest BCUT2D eigenvalue weighted by Gasteiger charge is -2.24. The normalized spacial score (nSPS) is 11.1. The van der Waals surface area contributed by atoms with Crippen LogP contribution in [0.15, 0.2) is 18.2 Å². The number of carboxylic acid groups (broad SMARTS) is 1. The first-order valence-electron chi connectivity index (χ1n) is 5.21. The lowest BCUT2D eigenvalue weighted by molar-refractivity contribution is -0.138. The highest BCUT2D eigenvalue weighted by Crippen LogP contribution is 2.19. The molecule has 0 atom stereocenters. The molecule has 6 heteroatoms. The standard InChI is InChI=1S/C12H13ClFNO3/c1-12(2,6-9(16)17)15-11(18)7-4-3-5-8(13)10(7)14/h3-5H,6H2,1-2H3,(H,15,18)(H,16,17). The van der Waals surface area contributed by atoms with Crippen LogP contribution in [-0.2, 0) is 4.79 Å². The molecule has 0 aliphatic rings. The van der Waals surface area contributed by atoms with Crippen molar-refractivity contribution in [2.24, 2.45) is 0 Å². The van der Waals surface area contributed by atoms with Crippen molar-refractivity contribution in [2.75, 3.05) is 0 Å². The molecular weight excluding hydrogens is 261 g/mol. The Morgan fingerprint density at radius 2 is 2.06 bits per heavy atom. The topological polar surface area (TPSA) is 66.4 Å². The van der Waals surface area contributed by atoms with Crippen LogP contribution in [0.5, 0.6) is 0 Å². The summed E-state index contributed by atoms with van der Waals surface area (Å²) in [7, 11) is 0. The molecule has 2 N–H and O–H groups in total. The van der Waals surface area contributed by atoms with Crippen molar-refractivity contribution in [3.8, 4) is 0 Å². The molecule has 4 nitrogen and oxygen atoms in total. The number of nitrogens with one attached hydrogen (secondary N) is 1. The highest BCUT2D eigenvalue weighted by Gasteiger charge is 2.25. The Morgan fingerprint density at radius 1 is 1.44 bits per heavy atom. The number of aliphatic carboxylic acids is 1. The van der Waals surface area contributed by atoms with Gasteiger partial charge in [0.15, 0.2) is 5.82 Å². The number of carboxylic acids is 1. The van der Waals surface area contributed by atoms with Crippen LogP contribution < -0.4 is 5.32 Å². The van der Waals surface area contributed by atoms with E-state index in [1.165, 1.54) is 18.2 Å². The summed E-state index contributed by atoms with van der Waals surface area (Å²) in [5.74, 6) is -2.56. The summed E-state index contributed by atoms with van der Waals surface area (Å²) in [6.07, 6.45) is -0.263. The van der Waals surface area contributed by atoms with Crippen LogP contribution in [0.4, 0.5) is 4.39 Å². The third-order valence-electron chi connectivity index (χ3n) is 2.24. The van der Waals surface area contributed by atoms with E-state index in [1.54, 1.807) is 13.8 Å². The van der Waals surface area contributed by atoms with Gasteiger partial charge in [-0.15, -0.1) is 0 Å². The quantitative estimate of drug-likeness (QED) is 0.886. The first-order chi connectivity index (χ1) is 8.23. The van der Waals surface area contributed by atoms with Gasteiger partial charge in [-0.1, -0.05) is 17.7 Å². The third kappa shape index (κ3) is 3.70. The summed E-state index contributed by atoms with van der Waals surface area (Å²) < 4.78 is 13.6. The Morgan fingerprint density at radius 3 is 2.61 bits per heavy atom. The Labute approximate surface area is 109 Å². The molecule has 0 aliphatic heterocycles. The monoisotopic (exact) mass is 273 g/mol. The second-order valence-corrected chi connectivity index (χ2v) is 4.92. The first kappa shape index (κ1) is 14.4. The van der Waals surface area contributed by atoms with Gasteiger partial charge in [-0.2, -0.15) is 0 Å². The average molecular weight is 274 g/mol. The Bertz CT molecular complexity index is 488. The van der Waals surface area contributed by atoms with Gasteiger partial charge in [-0.3, -0.25) is 9.59 Å². The molecule has 1 aromatic carbocycles. The van der Waals surface area contributed by atoms with Gasteiger partial charge in [0.05, 0.1) is 17.0 Å². The van der Waals surface area contributed by atoms with E-state index < -0.39 is 23.2 Å². The highest BCUT2D eigenvalue weighted by molar-refractivity contribution is 6.31. The molecule has 0 fully saturated rings. The van der Waals surface area contributed by atoms with Gasteiger partial charge in [-0.05, 0) is 26.0 Å². The molecule has 0 heterocycles. The third-order valence-corrected chi connectivity index (χ3v) is 2.53. The summed E-state index contributed by atoms with van der Waals surface area (Å²) in [5, 5.41) is 11.0. The van der Waals surface area contributed by atoms with Crippen molar-refractivity contribution in [3.63, 3.8) is 0 Å². The molecular formula is C12H13ClFNO3. The van der Waals surface area contributed by atoms with Crippen molar-refractivity contribution in [3.05, 3.63) is 34.6 Å². The average Bonchev–Trinajstić information content (AvgIpc) is 2.18. The molecule has 0 saturated carbocycles. The van der Waals surface area contributed by atoms with E-state index in [0.29, 0.717) is 0 Å². The van der Waals surface area contributed by atoms with E-state index in [1.807, 2.05) is 0 Å². The van der Waals surface area contributed by atoms with Crippen LogP contribution >= 0.6 is 11.6 Å². The Kier molecular flexibility index (Phi) is 4.29. The molecule has 18 heavy (non-hydrogen) atoms. The minimum Gasteiger partial charge on any atom is -0.481 e. The summed E-state index contributed by atoms with van der Waals surface area (Å²) in [5.41, 5.74) is -1.18. The molecule has 0 saturated heterocycles. The van der Waals surface area contributed by atoms with Gasteiger partial charge in [0.2, 0.25) is 0 Å². The van der Waals surface area contributed by atoms with E-state index >= 15 is 0 Å². The maximum atomic E-state index is 13.6. The van der Waals surface area contributed by atoms with E-state index in [-0.39, 0.29) is 17.0 Å². The largest absolute Gasteiger partial charge is 0.481 e. The number of benzene rings is 1. The number of amides is 1. The van der Waals surface area contributed by atoms with Gasteiger partial charge in [-0.25, -0.2) is 4.39 Å². The summed E-state index contributed by atoms with van der Waals surface area (Å²) in [6, 6.07) is 4.06. The fraction of sp³-hybridized carbons (Fsp3) is 0.333. The Hall–Kier alpha value is -1.62. The molecule has 0 aromatic heterocycles. The number of hydrogen-bond donors (Lipinski definition) is 2. The van der Waals surface area contributed by atoms with E-state index in [9.17, 15) is 14.0 Å².